The van der Waals surface area contributed by atoms with Crippen molar-refractivity contribution in [3.8, 4) is 5.06 Å². The summed E-state index contributed by atoms with van der Waals surface area (Å²) in [5.41, 5.74) is 0. The topological polar surface area (TPSA) is 20.2 Å². The first-order chi connectivity index (χ1) is 2.89. The molecule has 0 bridgehead atoms. The van der Waals surface area contributed by atoms with Crippen LogP contribution in [0.1, 0.15) is 0 Å². The molecular formula is C4H4OS. The lowest BCUT2D eigenvalue weighted by atomic mass is 10.7. The van der Waals surface area contributed by atoms with Gasteiger partial charge < -0.3 is 5.11 Å². The van der Waals surface area contributed by atoms with E-state index in [1.54, 1.807) is 12.1 Å². The second kappa shape index (κ2) is 1.30. The fraction of sp³-hybridized carbons (Fsp3) is 0. The van der Waals surface area contributed by atoms with E-state index in [1.807, 2.05) is 5.38 Å². The maximum Gasteiger partial charge on any atom is 0.171 e. The molecule has 0 aliphatic rings. The van der Waals surface area contributed by atoms with Crippen molar-refractivity contribution >= 4 is 11.3 Å². The summed E-state index contributed by atoms with van der Waals surface area (Å²) >= 11 is 1.33. The lowest BCUT2D eigenvalue weighted by molar-refractivity contribution is 0.491. The Morgan fingerprint density at radius 3 is 2.67 bits per heavy atom. The molecule has 6 heavy (non-hydrogen) atoms. The van der Waals surface area contributed by atoms with E-state index in [2.05, 4.69) is 0 Å². The van der Waals surface area contributed by atoms with Crippen LogP contribution in [0.4, 0.5) is 0 Å². The van der Waals surface area contributed by atoms with Crippen molar-refractivity contribution in [1.82, 2.24) is 0 Å². The average molecular weight is 100 g/mol. The predicted octanol–water partition coefficient (Wildman–Crippen LogP) is 1.45. The molecule has 1 aromatic heterocycles. The van der Waals surface area contributed by atoms with Crippen molar-refractivity contribution < 1.29 is 5.11 Å². The third-order valence-electron chi connectivity index (χ3n) is 0.506. The van der Waals surface area contributed by atoms with Crippen LogP contribution >= 0.6 is 11.3 Å². The molecule has 1 aromatic rings. The van der Waals surface area contributed by atoms with Crippen molar-refractivity contribution in [1.29, 1.82) is 0 Å². The van der Waals surface area contributed by atoms with Gasteiger partial charge in [0.1, 0.15) is 0 Å². The van der Waals surface area contributed by atoms with Gasteiger partial charge in [0.15, 0.2) is 5.06 Å². The van der Waals surface area contributed by atoms with E-state index >= 15 is 0 Å². The van der Waals surface area contributed by atoms with Gasteiger partial charge >= 0.3 is 0 Å². The van der Waals surface area contributed by atoms with E-state index in [4.69, 9.17) is 5.11 Å². The fourth-order valence-corrected chi connectivity index (χ4v) is 0.724. The molecule has 32 valence electrons. The van der Waals surface area contributed by atoms with Crippen LogP contribution in [-0.2, 0) is 0 Å². The normalized spacial score (nSPS) is 8.67. The third kappa shape index (κ3) is 0.518. The molecule has 0 saturated carbocycles. The van der Waals surface area contributed by atoms with Crippen LogP contribution in [0.15, 0.2) is 17.5 Å². The average Bonchev–Trinajstić information content (AvgIpc) is 1.86. The molecule has 0 fully saturated rings. The molecule has 0 aliphatic heterocycles. The smallest absolute Gasteiger partial charge is 0.171 e. The monoisotopic (exact) mass is 100.0 g/mol. The van der Waals surface area contributed by atoms with E-state index in [9.17, 15) is 0 Å². The summed E-state index contributed by atoms with van der Waals surface area (Å²) < 4.78 is 0. The molecule has 1 N–H and O–H groups in total. The molecular weight excluding hydrogens is 96.1 g/mol. The Labute approximate surface area is 39.9 Å². The molecule has 0 atom stereocenters. The molecule has 2 heteroatoms. The summed E-state index contributed by atoms with van der Waals surface area (Å²) in [5, 5.41) is 10.7. The molecule has 0 aliphatic carbocycles. The first-order valence-electron chi connectivity index (χ1n) is 1.62. The van der Waals surface area contributed by atoms with Crippen molar-refractivity contribution in [3.05, 3.63) is 17.5 Å². The minimum atomic E-state index is 0.384. The standard InChI is InChI=1S/C4H4OS/c5-4-2-1-3-6-4/h1-3,5H. The van der Waals surface area contributed by atoms with Gasteiger partial charge in [0.2, 0.25) is 0 Å². The molecule has 0 spiro atoms. The van der Waals surface area contributed by atoms with Crippen molar-refractivity contribution in [2.24, 2.45) is 0 Å². The highest BCUT2D eigenvalue weighted by atomic mass is 32.1. The minimum absolute atomic E-state index is 0.384. The van der Waals surface area contributed by atoms with E-state index in [0.29, 0.717) is 5.06 Å². The molecule has 1 heterocycles. The number of aromatic hydroxyl groups is 1. The van der Waals surface area contributed by atoms with Gasteiger partial charge in [0, 0.05) is 0 Å². The van der Waals surface area contributed by atoms with Crippen molar-refractivity contribution in [2.75, 3.05) is 0 Å². The minimum Gasteiger partial charge on any atom is -0.499 e. The van der Waals surface area contributed by atoms with Crippen molar-refractivity contribution in [2.45, 2.75) is 0 Å². The molecule has 0 radical (unpaired) electrons. The predicted molar refractivity (Wildman–Crippen MR) is 26.0 cm³/mol. The van der Waals surface area contributed by atoms with Gasteiger partial charge in [-0.3, -0.25) is 0 Å². The molecule has 1 nitrogen and oxygen atoms in total. The largest absolute Gasteiger partial charge is 0.499 e. The Morgan fingerprint density at radius 2 is 2.50 bits per heavy atom. The van der Waals surface area contributed by atoms with Gasteiger partial charge in [-0.2, -0.15) is 0 Å². The maximum absolute atomic E-state index is 8.49. The van der Waals surface area contributed by atoms with E-state index in [-0.39, 0.29) is 0 Å². The lowest BCUT2D eigenvalue weighted by Crippen LogP contribution is -1.35. The van der Waals surface area contributed by atoms with E-state index in [0.717, 1.165) is 0 Å². The number of hydrogen-bond acceptors (Lipinski definition) is 2. The fourth-order valence-electron chi connectivity index (χ4n) is 0.270. The van der Waals surface area contributed by atoms with Gasteiger partial charge in [-0.05, 0) is 17.5 Å². The zero-order valence-corrected chi connectivity index (χ0v) is 3.90. The summed E-state index contributed by atoms with van der Waals surface area (Å²) in [6.45, 7) is 0. The lowest BCUT2D eigenvalue weighted by Gasteiger charge is -1.67. The van der Waals surface area contributed by atoms with Crippen LogP contribution in [0.2, 0.25) is 0 Å². The Kier molecular flexibility index (Phi) is 0.801. The van der Waals surface area contributed by atoms with Crippen LogP contribution in [0.5, 0.6) is 5.06 Å². The molecule has 0 amide bonds. The van der Waals surface area contributed by atoms with Crippen LogP contribution in [0, 0.1) is 0 Å². The Bertz CT molecular complexity index is 111. The van der Waals surface area contributed by atoms with Crippen LogP contribution in [0.3, 0.4) is 0 Å². The van der Waals surface area contributed by atoms with E-state index in [1.165, 1.54) is 11.3 Å². The first kappa shape index (κ1) is 3.68. The Morgan fingerprint density at radius 1 is 1.67 bits per heavy atom. The third-order valence-corrected chi connectivity index (χ3v) is 1.18. The maximum atomic E-state index is 8.49. The zero-order valence-electron chi connectivity index (χ0n) is 3.09. The highest BCUT2D eigenvalue weighted by Crippen LogP contribution is 2.14. The highest BCUT2D eigenvalue weighted by Gasteiger charge is 1.77. The van der Waals surface area contributed by atoms with Crippen LogP contribution < -0.4 is 0 Å². The van der Waals surface area contributed by atoms with Crippen molar-refractivity contribution in [3.63, 3.8) is 0 Å². The number of rotatable bonds is 0. The molecule has 0 aromatic carbocycles. The molecule has 0 unspecified atom stereocenters. The second-order valence-electron chi connectivity index (χ2n) is 0.951. The van der Waals surface area contributed by atoms with E-state index < -0.39 is 0 Å². The Balaban J connectivity index is 3.05. The van der Waals surface area contributed by atoms with Crippen LogP contribution in [0.25, 0.3) is 0 Å². The van der Waals surface area contributed by atoms with Gasteiger partial charge in [0.05, 0.1) is 0 Å². The number of thiophene rings is 1. The zero-order chi connectivity index (χ0) is 4.41. The molecule has 1 rings (SSSR count). The highest BCUT2D eigenvalue weighted by molar-refractivity contribution is 7.11. The number of hydrogen-bond donors (Lipinski definition) is 1. The van der Waals surface area contributed by atoms with Gasteiger partial charge in [-0.15, -0.1) is 11.3 Å². The van der Waals surface area contributed by atoms with Gasteiger partial charge in [-0.1, -0.05) is 0 Å². The Hall–Kier alpha value is -0.500. The first-order valence-corrected chi connectivity index (χ1v) is 2.50. The summed E-state index contributed by atoms with van der Waals surface area (Å²) in [7, 11) is 0. The summed E-state index contributed by atoms with van der Waals surface area (Å²) in [4.78, 5) is 0. The van der Waals surface area contributed by atoms with Crippen LogP contribution in [-0.4, -0.2) is 5.11 Å². The SMILES string of the molecule is Oc1cccs1. The quantitative estimate of drug-likeness (QED) is 0.523. The summed E-state index contributed by atoms with van der Waals surface area (Å²) in [6, 6.07) is 3.46. The van der Waals surface area contributed by atoms with Gasteiger partial charge in [0.25, 0.3) is 0 Å². The second-order valence-corrected chi connectivity index (χ2v) is 1.88. The molecule has 0 saturated heterocycles. The summed E-state index contributed by atoms with van der Waals surface area (Å²) in [5.74, 6) is 0. The summed E-state index contributed by atoms with van der Waals surface area (Å²) in [6.07, 6.45) is 0. The van der Waals surface area contributed by atoms with Gasteiger partial charge in [-0.25, -0.2) is 0 Å².